The third-order valence-corrected chi connectivity index (χ3v) is 5.57. The Morgan fingerprint density at radius 3 is 2.56 bits per heavy atom. The molecule has 6 heteroatoms. The standard InChI is InChI=1S/C21H23N3O3/c25-19-8-2-5-16-17(19)6-1-7-18(16)21(27)24-12-10-23(11-13-24)20(26)15-4-3-9-22-14-15/h2-5,8-9,14,18,25H,1,6-7,10-13H2/t18-/m1/s1. The molecule has 27 heavy (non-hydrogen) atoms. The van der Waals surface area contributed by atoms with Gasteiger partial charge >= 0.3 is 0 Å². The number of carbonyl (C=O) groups is 2. The van der Waals surface area contributed by atoms with Gasteiger partial charge in [-0.2, -0.15) is 0 Å². The summed E-state index contributed by atoms with van der Waals surface area (Å²) in [6.07, 6.45) is 5.75. The molecule has 2 amide bonds. The van der Waals surface area contributed by atoms with Crippen LogP contribution in [0.2, 0.25) is 0 Å². The van der Waals surface area contributed by atoms with E-state index in [0.29, 0.717) is 31.7 Å². The molecule has 4 rings (SSSR count). The van der Waals surface area contributed by atoms with E-state index in [1.54, 1.807) is 35.5 Å². The lowest BCUT2D eigenvalue weighted by molar-refractivity contribution is -0.134. The van der Waals surface area contributed by atoms with Crippen molar-refractivity contribution in [2.45, 2.75) is 25.2 Å². The van der Waals surface area contributed by atoms with Crippen LogP contribution in [0.4, 0.5) is 0 Å². The normalized spacial score (nSPS) is 19.5. The fourth-order valence-electron chi connectivity index (χ4n) is 4.11. The molecule has 0 radical (unpaired) electrons. The molecule has 1 N–H and O–H groups in total. The lowest BCUT2D eigenvalue weighted by atomic mass is 9.81. The van der Waals surface area contributed by atoms with Gasteiger partial charge in [0.05, 0.1) is 11.5 Å². The number of rotatable bonds is 2. The second-order valence-electron chi connectivity index (χ2n) is 7.15. The van der Waals surface area contributed by atoms with Crippen molar-refractivity contribution in [2.24, 2.45) is 0 Å². The fraction of sp³-hybridized carbons (Fsp3) is 0.381. The summed E-state index contributed by atoms with van der Waals surface area (Å²) >= 11 is 0. The van der Waals surface area contributed by atoms with Crippen LogP contribution in [0.1, 0.15) is 40.2 Å². The van der Waals surface area contributed by atoms with Gasteiger partial charge in [0.15, 0.2) is 0 Å². The van der Waals surface area contributed by atoms with Gasteiger partial charge in [-0.15, -0.1) is 0 Å². The van der Waals surface area contributed by atoms with E-state index in [9.17, 15) is 14.7 Å². The van der Waals surface area contributed by atoms with Crippen molar-refractivity contribution in [3.8, 4) is 5.75 Å². The maximum atomic E-state index is 13.1. The van der Waals surface area contributed by atoms with Crippen molar-refractivity contribution in [3.05, 3.63) is 59.4 Å². The summed E-state index contributed by atoms with van der Waals surface area (Å²) in [4.78, 5) is 33.3. The Labute approximate surface area is 158 Å². The molecule has 140 valence electrons. The predicted octanol–water partition coefficient (Wildman–Crippen LogP) is 2.19. The third kappa shape index (κ3) is 3.39. The van der Waals surface area contributed by atoms with Crippen molar-refractivity contribution in [2.75, 3.05) is 26.2 Å². The van der Waals surface area contributed by atoms with E-state index < -0.39 is 0 Å². The molecule has 0 bridgehead atoms. The van der Waals surface area contributed by atoms with Crippen molar-refractivity contribution in [1.29, 1.82) is 0 Å². The number of aromatic hydroxyl groups is 1. The number of hydrogen-bond donors (Lipinski definition) is 1. The van der Waals surface area contributed by atoms with Gasteiger partial charge in [0.2, 0.25) is 5.91 Å². The first kappa shape index (κ1) is 17.5. The van der Waals surface area contributed by atoms with Crippen LogP contribution >= 0.6 is 0 Å². The molecular weight excluding hydrogens is 342 g/mol. The zero-order chi connectivity index (χ0) is 18.8. The van der Waals surface area contributed by atoms with Crippen molar-refractivity contribution >= 4 is 11.8 Å². The minimum absolute atomic E-state index is 0.0388. The van der Waals surface area contributed by atoms with E-state index in [1.807, 2.05) is 17.0 Å². The van der Waals surface area contributed by atoms with E-state index in [0.717, 1.165) is 30.4 Å². The highest BCUT2D eigenvalue weighted by atomic mass is 16.3. The molecule has 1 fully saturated rings. The van der Waals surface area contributed by atoms with Gasteiger partial charge in [-0.1, -0.05) is 12.1 Å². The molecule has 0 unspecified atom stereocenters. The van der Waals surface area contributed by atoms with E-state index in [2.05, 4.69) is 4.98 Å². The van der Waals surface area contributed by atoms with Gasteiger partial charge in [-0.25, -0.2) is 0 Å². The number of hydrogen-bond acceptors (Lipinski definition) is 4. The zero-order valence-electron chi connectivity index (χ0n) is 15.2. The first-order valence-electron chi connectivity index (χ1n) is 9.44. The lowest BCUT2D eigenvalue weighted by Gasteiger charge is -2.37. The highest BCUT2D eigenvalue weighted by Crippen LogP contribution is 2.37. The van der Waals surface area contributed by atoms with E-state index >= 15 is 0 Å². The summed E-state index contributed by atoms with van der Waals surface area (Å²) in [6.45, 7) is 2.13. The second-order valence-corrected chi connectivity index (χ2v) is 7.15. The second kappa shape index (κ2) is 7.39. The number of pyridine rings is 1. The molecule has 6 nitrogen and oxygen atoms in total. The molecular formula is C21H23N3O3. The Bertz CT molecular complexity index is 845. The Balaban J connectivity index is 1.43. The van der Waals surface area contributed by atoms with Gasteiger partial charge in [0.1, 0.15) is 5.75 Å². The summed E-state index contributed by atoms with van der Waals surface area (Å²) in [5.41, 5.74) is 2.45. The maximum absolute atomic E-state index is 13.1. The van der Waals surface area contributed by atoms with Crippen LogP contribution in [0.3, 0.4) is 0 Å². The van der Waals surface area contributed by atoms with Crippen LogP contribution < -0.4 is 0 Å². The quantitative estimate of drug-likeness (QED) is 0.885. The summed E-state index contributed by atoms with van der Waals surface area (Å²) in [7, 11) is 0. The van der Waals surface area contributed by atoms with E-state index in [1.165, 1.54) is 0 Å². The molecule has 1 saturated heterocycles. The van der Waals surface area contributed by atoms with Crippen molar-refractivity contribution < 1.29 is 14.7 Å². The monoisotopic (exact) mass is 365 g/mol. The van der Waals surface area contributed by atoms with Crippen molar-refractivity contribution in [1.82, 2.24) is 14.8 Å². The number of phenols is 1. The topological polar surface area (TPSA) is 73.7 Å². The number of nitrogens with zero attached hydrogens (tertiary/aromatic N) is 3. The van der Waals surface area contributed by atoms with Gasteiger partial charge in [0, 0.05) is 38.6 Å². The van der Waals surface area contributed by atoms with E-state index in [4.69, 9.17) is 0 Å². The molecule has 0 saturated carbocycles. The largest absolute Gasteiger partial charge is 0.508 e. The molecule has 1 aliphatic heterocycles. The zero-order valence-corrected chi connectivity index (χ0v) is 15.2. The maximum Gasteiger partial charge on any atom is 0.255 e. The van der Waals surface area contributed by atoms with Gasteiger partial charge in [-0.3, -0.25) is 14.6 Å². The highest BCUT2D eigenvalue weighted by Gasteiger charge is 2.33. The SMILES string of the molecule is O=C(c1cccnc1)N1CCN(C(=O)[C@@H]2CCCc3c(O)cccc32)CC1. The van der Waals surface area contributed by atoms with Crippen LogP contribution in [0.5, 0.6) is 5.75 Å². The summed E-state index contributed by atoms with van der Waals surface area (Å²) in [6, 6.07) is 8.97. The Morgan fingerprint density at radius 2 is 1.81 bits per heavy atom. The molecule has 1 aliphatic carbocycles. The summed E-state index contributed by atoms with van der Waals surface area (Å²) in [5.74, 6) is 0.163. The predicted molar refractivity (Wildman–Crippen MR) is 101 cm³/mol. The molecule has 1 aromatic heterocycles. The molecule has 0 spiro atoms. The molecule has 1 aromatic carbocycles. The number of phenolic OH excluding ortho intramolecular Hbond substituents is 1. The number of piperazine rings is 1. The third-order valence-electron chi connectivity index (χ3n) is 5.57. The minimum Gasteiger partial charge on any atom is -0.508 e. The van der Waals surface area contributed by atoms with Crippen molar-refractivity contribution in [3.63, 3.8) is 0 Å². The molecule has 1 atom stereocenters. The number of amides is 2. The molecule has 2 aromatic rings. The first-order valence-corrected chi connectivity index (χ1v) is 9.44. The molecule has 2 aliphatic rings. The van der Waals surface area contributed by atoms with Gasteiger partial charge in [0.25, 0.3) is 5.91 Å². The van der Waals surface area contributed by atoms with Crippen LogP contribution in [0.25, 0.3) is 0 Å². The van der Waals surface area contributed by atoms with Crippen LogP contribution in [0, 0.1) is 0 Å². The summed E-state index contributed by atoms with van der Waals surface area (Å²) in [5, 5.41) is 10.1. The van der Waals surface area contributed by atoms with Crippen LogP contribution in [-0.2, 0) is 11.2 Å². The summed E-state index contributed by atoms with van der Waals surface area (Å²) < 4.78 is 0. The lowest BCUT2D eigenvalue weighted by Crippen LogP contribution is -2.51. The number of benzene rings is 1. The van der Waals surface area contributed by atoms with Gasteiger partial charge < -0.3 is 14.9 Å². The van der Waals surface area contributed by atoms with Crippen LogP contribution in [0.15, 0.2) is 42.7 Å². The smallest absolute Gasteiger partial charge is 0.255 e. The first-order chi connectivity index (χ1) is 13.1. The molecule has 2 heterocycles. The Morgan fingerprint density at radius 1 is 1.04 bits per heavy atom. The van der Waals surface area contributed by atoms with Gasteiger partial charge in [-0.05, 0) is 48.6 Å². The highest BCUT2D eigenvalue weighted by molar-refractivity contribution is 5.94. The van der Waals surface area contributed by atoms with E-state index in [-0.39, 0.29) is 23.5 Å². The average molecular weight is 365 g/mol. The Hall–Kier alpha value is -2.89. The average Bonchev–Trinajstić information content (AvgIpc) is 2.73. The minimum atomic E-state index is -0.193. The Kier molecular flexibility index (Phi) is 4.79. The number of aromatic nitrogens is 1. The fourth-order valence-corrected chi connectivity index (χ4v) is 4.11. The number of fused-ring (bicyclic) bond motifs is 1. The number of carbonyl (C=O) groups excluding carboxylic acids is 2. The van der Waals surface area contributed by atoms with Crippen LogP contribution in [-0.4, -0.2) is 57.9 Å².